The second-order valence-corrected chi connectivity index (χ2v) is 7.59. The van der Waals surface area contributed by atoms with Crippen LogP contribution in [0.15, 0.2) is 11.5 Å². The van der Waals surface area contributed by atoms with Crippen molar-refractivity contribution in [2.45, 2.75) is 6.04 Å². The largest absolute Gasteiger partial charge is 0.224 e. The van der Waals surface area contributed by atoms with Crippen LogP contribution in [0.4, 0.5) is 0 Å². The molecule has 1 atom stereocenters. The number of nitrogens with one attached hydrogen (secondary N) is 1. The SMILES string of the molecule is O=S1(=O)C=CC(NS(=O)(=O)CBr)C1. The highest BCUT2D eigenvalue weighted by Gasteiger charge is 2.24. The Morgan fingerprint density at radius 1 is 1.54 bits per heavy atom. The van der Waals surface area contributed by atoms with Crippen LogP contribution in [0, 0.1) is 0 Å². The van der Waals surface area contributed by atoms with E-state index in [-0.39, 0.29) is 10.4 Å². The summed E-state index contributed by atoms with van der Waals surface area (Å²) in [5, 5.41) is 1.02. The van der Waals surface area contributed by atoms with Crippen molar-refractivity contribution in [3.8, 4) is 0 Å². The lowest BCUT2D eigenvalue weighted by Gasteiger charge is -2.07. The molecule has 0 aromatic rings. The van der Waals surface area contributed by atoms with Gasteiger partial charge in [0.2, 0.25) is 10.0 Å². The molecule has 0 aliphatic carbocycles. The number of hydrogen-bond donors (Lipinski definition) is 1. The first-order chi connectivity index (χ1) is 5.85. The van der Waals surface area contributed by atoms with Gasteiger partial charge < -0.3 is 0 Å². The van der Waals surface area contributed by atoms with E-state index in [1.807, 2.05) is 0 Å². The average Bonchev–Trinajstić information content (AvgIpc) is 2.29. The Morgan fingerprint density at radius 2 is 2.15 bits per heavy atom. The summed E-state index contributed by atoms with van der Waals surface area (Å²) in [6.07, 6.45) is 1.33. The highest BCUT2D eigenvalue weighted by Crippen LogP contribution is 2.09. The quantitative estimate of drug-likeness (QED) is 0.715. The minimum Gasteiger partial charge on any atom is -0.224 e. The lowest BCUT2D eigenvalue weighted by molar-refractivity contribution is 0.580. The van der Waals surface area contributed by atoms with Gasteiger partial charge in [0, 0.05) is 5.41 Å². The lowest BCUT2D eigenvalue weighted by Crippen LogP contribution is -2.35. The predicted molar refractivity (Wildman–Crippen MR) is 52.6 cm³/mol. The maximum atomic E-state index is 11.0. The van der Waals surface area contributed by atoms with Gasteiger partial charge >= 0.3 is 0 Å². The molecule has 0 spiro atoms. The van der Waals surface area contributed by atoms with Crippen LogP contribution < -0.4 is 4.72 Å². The first-order valence-corrected chi connectivity index (χ1v) is 7.80. The maximum Gasteiger partial charge on any atom is 0.222 e. The summed E-state index contributed by atoms with van der Waals surface area (Å²) in [6, 6.07) is -0.632. The van der Waals surface area contributed by atoms with E-state index in [9.17, 15) is 16.8 Å². The molecule has 0 radical (unpaired) electrons. The van der Waals surface area contributed by atoms with Crippen molar-refractivity contribution in [3.05, 3.63) is 11.5 Å². The van der Waals surface area contributed by atoms with Gasteiger partial charge in [-0.3, -0.25) is 0 Å². The van der Waals surface area contributed by atoms with Gasteiger partial charge in [0.15, 0.2) is 9.84 Å². The summed E-state index contributed by atoms with van der Waals surface area (Å²) in [5.41, 5.74) is 0. The van der Waals surface area contributed by atoms with Crippen molar-refractivity contribution < 1.29 is 16.8 Å². The number of halogens is 1. The normalized spacial score (nSPS) is 26.4. The summed E-state index contributed by atoms with van der Waals surface area (Å²) in [7, 11) is -6.60. The lowest BCUT2D eigenvalue weighted by atomic mass is 10.4. The second-order valence-electron chi connectivity index (χ2n) is 2.61. The summed E-state index contributed by atoms with van der Waals surface area (Å²) in [6.45, 7) is 0. The van der Waals surface area contributed by atoms with E-state index in [4.69, 9.17) is 0 Å². The molecule has 0 saturated heterocycles. The molecule has 1 aliphatic rings. The zero-order chi connectivity index (χ0) is 10.1. The third kappa shape index (κ3) is 3.37. The Balaban J connectivity index is 2.67. The van der Waals surface area contributed by atoms with E-state index >= 15 is 0 Å². The van der Waals surface area contributed by atoms with Crippen molar-refractivity contribution in [1.29, 1.82) is 0 Å². The van der Waals surface area contributed by atoms with Gasteiger partial charge in [-0.25, -0.2) is 21.6 Å². The fourth-order valence-electron chi connectivity index (χ4n) is 0.911. The molecule has 0 saturated carbocycles. The molecular weight excluding hydrogens is 282 g/mol. The summed E-state index contributed by atoms with van der Waals surface area (Å²) in [4.78, 5) is 0. The first-order valence-electron chi connectivity index (χ1n) is 3.31. The van der Waals surface area contributed by atoms with E-state index in [0.29, 0.717) is 0 Å². The fourth-order valence-corrected chi connectivity index (χ4v) is 3.33. The molecule has 1 aliphatic heterocycles. The zero-order valence-corrected chi connectivity index (χ0v) is 9.69. The van der Waals surface area contributed by atoms with Gasteiger partial charge in [0.05, 0.1) is 11.8 Å². The Labute approximate surface area is 85.3 Å². The smallest absolute Gasteiger partial charge is 0.222 e. The molecule has 13 heavy (non-hydrogen) atoms. The van der Waals surface area contributed by atoms with E-state index in [0.717, 1.165) is 5.41 Å². The van der Waals surface area contributed by atoms with Gasteiger partial charge in [-0.05, 0) is 0 Å². The highest BCUT2D eigenvalue weighted by molar-refractivity contribution is 9.10. The van der Waals surface area contributed by atoms with Crippen LogP contribution in [0.5, 0.6) is 0 Å². The molecule has 0 aromatic carbocycles. The Hall–Kier alpha value is 0.0800. The molecule has 1 heterocycles. The minimum absolute atomic E-state index is 0.195. The van der Waals surface area contributed by atoms with Crippen molar-refractivity contribution in [2.75, 3.05) is 10.4 Å². The van der Waals surface area contributed by atoms with Crippen LogP contribution in [0.25, 0.3) is 0 Å². The number of sulfone groups is 1. The predicted octanol–water partition coefficient (Wildman–Crippen LogP) is -0.431. The van der Waals surface area contributed by atoms with Crippen LogP contribution in [0.1, 0.15) is 0 Å². The van der Waals surface area contributed by atoms with Crippen molar-refractivity contribution >= 4 is 35.8 Å². The summed E-state index contributed by atoms with van der Waals surface area (Å²) >= 11 is 2.78. The van der Waals surface area contributed by atoms with E-state index < -0.39 is 25.9 Å². The molecular formula is C5H8BrNO4S2. The Bertz CT molecular complexity index is 410. The van der Waals surface area contributed by atoms with Gasteiger partial charge in [0.1, 0.15) is 4.66 Å². The third-order valence-corrected chi connectivity index (χ3v) is 5.56. The molecule has 0 aromatic heterocycles. The molecule has 0 bridgehead atoms. The van der Waals surface area contributed by atoms with Crippen LogP contribution in [0.3, 0.4) is 0 Å². The summed E-state index contributed by atoms with van der Waals surface area (Å²) < 4.78 is 45.7. The van der Waals surface area contributed by atoms with Crippen LogP contribution >= 0.6 is 15.9 Å². The number of sulfonamides is 1. The average molecular weight is 290 g/mol. The van der Waals surface area contributed by atoms with Crippen LogP contribution in [-0.2, 0) is 19.9 Å². The topological polar surface area (TPSA) is 80.3 Å². The number of hydrogen-bond acceptors (Lipinski definition) is 4. The first kappa shape index (κ1) is 11.2. The van der Waals surface area contributed by atoms with E-state index in [2.05, 4.69) is 20.7 Å². The van der Waals surface area contributed by atoms with Gasteiger partial charge in [-0.1, -0.05) is 22.0 Å². The molecule has 0 amide bonds. The molecule has 5 nitrogen and oxygen atoms in total. The monoisotopic (exact) mass is 289 g/mol. The molecule has 1 N–H and O–H groups in total. The van der Waals surface area contributed by atoms with Crippen molar-refractivity contribution in [1.82, 2.24) is 4.72 Å². The number of alkyl halides is 1. The van der Waals surface area contributed by atoms with E-state index in [1.54, 1.807) is 0 Å². The molecule has 1 rings (SSSR count). The maximum absolute atomic E-state index is 11.0. The Morgan fingerprint density at radius 3 is 2.54 bits per heavy atom. The van der Waals surface area contributed by atoms with Crippen LogP contribution in [-0.4, -0.2) is 33.3 Å². The van der Waals surface area contributed by atoms with Gasteiger partial charge in [-0.2, -0.15) is 0 Å². The summed E-state index contributed by atoms with van der Waals surface area (Å²) in [5.74, 6) is -0.195. The van der Waals surface area contributed by atoms with E-state index in [1.165, 1.54) is 6.08 Å². The second kappa shape index (κ2) is 3.68. The molecule has 8 heteroatoms. The Kier molecular flexibility index (Phi) is 3.16. The fraction of sp³-hybridized carbons (Fsp3) is 0.600. The molecule has 0 fully saturated rings. The third-order valence-electron chi connectivity index (χ3n) is 1.40. The standard InChI is InChI=1S/C5H8BrNO4S2/c6-4-13(10,11)7-5-1-2-12(8,9)3-5/h1-2,5,7H,3-4H2. The highest BCUT2D eigenvalue weighted by atomic mass is 79.9. The zero-order valence-electron chi connectivity index (χ0n) is 6.47. The van der Waals surface area contributed by atoms with Gasteiger partial charge in [-0.15, -0.1) is 0 Å². The van der Waals surface area contributed by atoms with Crippen molar-refractivity contribution in [3.63, 3.8) is 0 Å². The van der Waals surface area contributed by atoms with Gasteiger partial charge in [0.25, 0.3) is 0 Å². The van der Waals surface area contributed by atoms with Crippen molar-refractivity contribution in [2.24, 2.45) is 0 Å². The van der Waals surface area contributed by atoms with Crippen LogP contribution in [0.2, 0.25) is 0 Å². The number of rotatable bonds is 3. The molecule has 76 valence electrons. The molecule has 1 unspecified atom stereocenters. The minimum atomic E-state index is -3.40.